The van der Waals surface area contributed by atoms with Crippen LogP contribution >= 0.6 is 0 Å². The summed E-state index contributed by atoms with van der Waals surface area (Å²) in [5.41, 5.74) is 1.39. The van der Waals surface area contributed by atoms with Crippen LogP contribution in [0.1, 0.15) is 201 Å². The minimum absolute atomic E-state index is 0. The number of fused-ring (bicyclic) bond motifs is 5. The number of pyridine rings is 5. The maximum Gasteiger partial charge on any atom is 1.00 e. The normalized spacial score (nSPS) is 14.5. The molecule has 11 aromatic rings. The summed E-state index contributed by atoms with van der Waals surface area (Å²) in [5.74, 6) is -1.47. The number of hydrogen-bond acceptors (Lipinski definition) is 23. The van der Waals surface area contributed by atoms with Crippen LogP contribution in [0.2, 0.25) is 5.82 Å². The van der Waals surface area contributed by atoms with Crippen LogP contribution in [0.5, 0.6) is 5.75 Å². The number of methoxy groups -OCH3 is 2. The number of nitrogens with zero attached hydrogens (tertiary/aromatic N) is 16. The maximum absolute atomic E-state index is 13.4. The van der Waals surface area contributed by atoms with Crippen molar-refractivity contribution < 1.29 is 169 Å². The first-order valence-electron chi connectivity index (χ1n) is 36.5. The third-order valence-corrected chi connectivity index (χ3v) is 19.2. The quantitative estimate of drug-likeness (QED) is 0.00651. The molecule has 52 heteroatoms. The molecule has 0 amide bonds. The zero-order valence-electron chi connectivity index (χ0n) is 65.5. The molecule has 0 unspecified atom stereocenters. The number of carbonyl (C=O) groups is 4. The van der Waals surface area contributed by atoms with Crippen LogP contribution < -0.4 is 23.0 Å². The Labute approximate surface area is 704 Å². The Morgan fingerprint density at radius 2 is 0.864 bits per heavy atom. The van der Waals surface area contributed by atoms with E-state index >= 15 is 0 Å². The van der Waals surface area contributed by atoms with Gasteiger partial charge in [-0.15, -0.1) is 11.5 Å². The molecule has 0 aromatic carbocycles. The van der Waals surface area contributed by atoms with Crippen LogP contribution in [-0.2, 0) is 84.4 Å². The average Bonchev–Trinajstić information content (AvgIpc) is 1.64. The second kappa shape index (κ2) is 39.7. The van der Waals surface area contributed by atoms with Crippen LogP contribution in [0.4, 0.5) is 79.0 Å². The zero-order valence-corrected chi connectivity index (χ0v) is 66.3. The van der Waals surface area contributed by atoms with Gasteiger partial charge in [-0.1, -0.05) is 23.2 Å². The van der Waals surface area contributed by atoms with Gasteiger partial charge in [-0.2, -0.15) is 113 Å². The van der Waals surface area contributed by atoms with Crippen LogP contribution in [0.15, 0.2) is 102 Å². The molecule has 666 valence electrons. The number of aromatic nitrogens is 13. The first-order valence-corrected chi connectivity index (χ1v) is 37.9. The van der Waals surface area contributed by atoms with Crippen LogP contribution in [-0.4, -0.2) is 156 Å². The van der Waals surface area contributed by atoms with E-state index in [-0.39, 0.29) is 113 Å². The fourth-order valence-corrected chi connectivity index (χ4v) is 12.2. The van der Waals surface area contributed by atoms with Crippen molar-refractivity contribution in [2.24, 2.45) is 5.11 Å². The summed E-state index contributed by atoms with van der Waals surface area (Å²) in [5, 5.41) is 55.0. The smallest absolute Gasteiger partial charge is 0.870 e. The van der Waals surface area contributed by atoms with Gasteiger partial charge in [0, 0.05) is 23.0 Å². The van der Waals surface area contributed by atoms with E-state index in [1.54, 1.807) is 50.1 Å². The van der Waals surface area contributed by atoms with E-state index in [4.69, 9.17) is 25.4 Å². The number of aliphatic hydroxyl groups is 1. The molecule has 5 aliphatic carbocycles. The zero-order chi connectivity index (χ0) is 90.4. The molecule has 31 nitrogen and oxygen atoms in total. The summed E-state index contributed by atoms with van der Waals surface area (Å²) in [6.45, 7) is 3.60. The van der Waals surface area contributed by atoms with Crippen molar-refractivity contribution in [3.05, 3.63) is 193 Å². The Hall–Kier alpha value is -11.7. The van der Waals surface area contributed by atoms with Crippen molar-refractivity contribution in [1.82, 2.24) is 63.1 Å². The van der Waals surface area contributed by atoms with Crippen molar-refractivity contribution in [3.8, 4) is 18.1 Å². The Morgan fingerprint density at radius 3 is 1.18 bits per heavy atom. The molecule has 0 radical (unpaired) electrons. The van der Waals surface area contributed by atoms with E-state index in [1.165, 1.54) is 41.2 Å². The summed E-state index contributed by atoms with van der Waals surface area (Å²) in [4.78, 5) is 46.9. The van der Waals surface area contributed by atoms with E-state index < -0.39 is 123 Å². The molecule has 0 spiro atoms. The summed E-state index contributed by atoms with van der Waals surface area (Å²) in [6, 6.07) is 18.7. The predicted molar refractivity (Wildman–Crippen MR) is 392 cm³/mol. The van der Waals surface area contributed by atoms with Gasteiger partial charge in [0.25, 0.3) is 0 Å². The number of ether oxygens (including phenoxy) is 4. The number of aliphatic hydroxyl groups excluding tert-OH is 1. The van der Waals surface area contributed by atoms with Crippen LogP contribution in [0.25, 0.3) is 38.0 Å². The van der Waals surface area contributed by atoms with Gasteiger partial charge in [-0.25, -0.2) is 46.4 Å². The molecule has 4 N–H and O–H groups in total. The molecule has 0 saturated heterocycles. The van der Waals surface area contributed by atoms with E-state index in [0.717, 1.165) is 115 Å². The van der Waals surface area contributed by atoms with Crippen molar-refractivity contribution in [2.75, 3.05) is 27.4 Å². The van der Waals surface area contributed by atoms with Crippen molar-refractivity contribution in [1.29, 1.82) is 0 Å². The van der Waals surface area contributed by atoms with Gasteiger partial charge < -0.3 is 43.8 Å². The topological polar surface area (TPSA) is 405 Å². The van der Waals surface area contributed by atoms with Crippen LogP contribution in [0, 0.1) is 12.3 Å². The van der Waals surface area contributed by atoms with Gasteiger partial charge in [0.05, 0.1) is 98.0 Å². The van der Waals surface area contributed by atoms with E-state index in [9.17, 15) is 107 Å². The Bertz CT molecular complexity index is 5930. The molecule has 0 bridgehead atoms. The van der Waals surface area contributed by atoms with Crippen molar-refractivity contribution >= 4 is 68.7 Å². The number of halogens is 18. The molecule has 16 rings (SSSR count). The maximum atomic E-state index is 13.4. The first-order chi connectivity index (χ1) is 57.6. The molecule has 5 saturated carbocycles. The van der Waals surface area contributed by atoms with Gasteiger partial charge >= 0.3 is 96.4 Å². The SMILES string of the molecule is C#CC(=O)OCC.CCOC(=O)c1cn(Cc2cc3cc(C4CC4)cc(C(F)(F)F)n3n2)nn1.COC(=O)c1cc2cc(C3CC3)cc(C(F)(F)F)n2n1.COC(=O)c1cc2cc(OS(=O)(=O)C(F)(F)F)cc(C(F)(F)F)n2n1.OB(O)C1CC1.OCc1cc2cc(C3CC3)cc(C(F)(F)F)n2n1.[Li+].[N-]=[N+]=NCc1cc2cc(C3CC3)cc(C(F)(F)F)n2n1.[OH-]. The summed E-state index contributed by atoms with van der Waals surface area (Å²) < 4.78 is 282. The van der Waals surface area contributed by atoms with E-state index in [2.05, 4.69) is 70.6 Å². The number of esters is 4. The predicted octanol–water partition coefficient (Wildman–Crippen LogP) is 11.8. The van der Waals surface area contributed by atoms with Gasteiger partial charge in [0.15, 0.2) is 17.1 Å². The fraction of sp³-hybridized carbons (Fsp3) is 0.411. The van der Waals surface area contributed by atoms with Gasteiger partial charge in [0.2, 0.25) is 0 Å². The molecular weight excluding hydrogens is 1730 g/mol. The number of alkyl halides is 18. The van der Waals surface area contributed by atoms with Crippen LogP contribution in [0.3, 0.4) is 0 Å². The van der Waals surface area contributed by atoms with E-state index in [1.807, 2.05) is 0 Å². The molecule has 11 aromatic heterocycles. The number of azide groups is 1. The Morgan fingerprint density at radius 1 is 0.512 bits per heavy atom. The Kier molecular flexibility index (Phi) is 31.3. The summed E-state index contributed by atoms with van der Waals surface area (Å²) in [7, 11) is -5.13. The monoisotopic (exact) mass is 1800 g/mol. The second-order valence-corrected chi connectivity index (χ2v) is 29.2. The molecular formula is C73H68BF18LiN16O15S. The number of hydrogen-bond donors (Lipinski definition) is 3. The van der Waals surface area contributed by atoms with Gasteiger partial charge in [0.1, 0.15) is 34.2 Å². The van der Waals surface area contributed by atoms with Crippen molar-refractivity contribution in [2.45, 2.75) is 164 Å². The standard InChI is InChI=1S/C17H16F3N5O2.C13H11F3N2O2.C12H10F3N5.C12H11F3N2O.C11H6F6N2O5S.C5H6O2.C3H7BO2.Li.H2O/c1-2-27-16(26)14-9-24(23-21-14)8-12-7-13-5-11(10-3-4-10)6-15(17(18,19)20)25(13)22-12;1-20-12(19)10-6-9-4-8(7-2-3-7)5-11(13(14,15)16)18(9)17-10;13-12(14,15)11-4-8(7-1-2-7)3-10-5-9(6-17-19-16)18-20(10)11;13-12(14,15)11-4-8(7-1-2-7)3-10-5-9(6-18)16-17(10)11;1-23-9(20)7-3-5-2-6(24-25(21,22)11(15,16)17)4-8(10(12,13)14)19(5)18-7;1-3-5(6)7-4-2;5-4(6)3-1-2-3;;/h5-7,9-10H,2-4,8H2,1H3;4-7H,2-3H2,1H3;3-5,7H,1-2,6H2;3-5,7,18H,1-2,6H2;2-4H,1H3;1H,4H2,2H3;3,5-6H,1-2H2;;1H2/q;;;;;;;+1;/p-1. The van der Waals surface area contributed by atoms with E-state index in [0.29, 0.717) is 62.9 Å². The molecule has 125 heavy (non-hydrogen) atoms. The van der Waals surface area contributed by atoms with Gasteiger partial charge in [-0.3, -0.25) is 0 Å². The summed E-state index contributed by atoms with van der Waals surface area (Å²) >= 11 is 0. The first kappa shape index (κ1) is 98.8. The number of carbonyl (C=O) groups excluding carboxylic acids is 4. The fourth-order valence-electron chi connectivity index (χ4n) is 11.7. The van der Waals surface area contributed by atoms with Crippen molar-refractivity contribution in [3.63, 3.8) is 0 Å². The van der Waals surface area contributed by atoms with Gasteiger partial charge in [-0.05, 0) is 201 Å². The average molecular weight is 1800 g/mol. The molecule has 5 fully saturated rings. The molecule has 0 atom stereocenters. The Balaban J connectivity index is 0.000000187. The largest absolute Gasteiger partial charge is 1.00 e. The molecule has 11 heterocycles. The minimum Gasteiger partial charge on any atom is -0.870 e. The molecule has 5 aliphatic rings. The number of terminal acetylenes is 1. The second-order valence-electron chi connectivity index (χ2n) is 27.7. The third kappa shape index (κ3) is 25.8. The number of rotatable bonds is 17. The molecule has 0 aliphatic heterocycles. The minimum atomic E-state index is -6.18. The summed E-state index contributed by atoms with van der Waals surface area (Å²) in [6.07, 6.45) is -7.74. The third-order valence-electron chi connectivity index (χ3n) is 18.2.